The molecule has 10 heteroatoms. The summed E-state index contributed by atoms with van der Waals surface area (Å²) in [6, 6.07) is 10.8. The van der Waals surface area contributed by atoms with E-state index in [0.717, 1.165) is 30.1 Å². The van der Waals surface area contributed by atoms with Crippen molar-refractivity contribution in [2.45, 2.75) is 29.6 Å². The lowest BCUT2D eigenvalue weighted by Gasteiger charge is -2.34. The van der Waals surface area contributed by atoms with E-state index in [1.54, 1.807) is 0 Å². The number of aromatic nitrogens is 4. The van der Waals surface area contributed by atoms with Crippen LogP contribution in [0.5, 0.6) is 0 Å². The topological polar surface area (TPSA) is 97.0 Å². The highest BCUT2D eigenvalue weighted by molar-refractivity contribution is 8.00. The molecule has 1 aliphatic rings. The molecule has 0 radical (unpaired) electrons. The van der Waals surface area contributed by atoms with Gasteiger partial charge in [-0.25, -0.2) is 0 Å². The highest BCUT2D eigenvalue weighted by Crippen LogP contribution is 2.34. The van der Waals surface area contributed by atoms with Gasteiger partial charge in [0.05, 0.1) is 6.04 Å². The molecule has 1 amide bonds. The van der Waals surface area contributed by atoms with Crippen molar-refractivity contribution in [1.82, 2.24) is 20.4 Å². The van der Waals surface area contributed by atoms with Crippen molar-refractivity contribution in [2.24, 2.45) is 0 Å². The molecule has 1 aliphatic heterocycles. The predicted molar refractivity (Wildman–Crippen MR) is 104 cm³/mol. The van der Waals surface area contributed by atoms with Crippen LogP contribution in [0.2, 0.25) is 0 Å². The quantitative estimate of drug-likeness (QED) is 0.510. The van der Waals surface area contributed by atoms with Gasteiger partial charge in [0.1, 0.15) is 0 Å². The van der Waals surface area contributed by atoms with Crippen LogP contribution < -0.4 is 10.2 Å². The first-order valence-electron chi connectivity index (χ1n) is 8.58. The number of carbonyl (C=O) groups excluding carboxylic acids is 1. The number of amides is 1. The Morgan fingerprint density at radius 2 is 2.07 bits per heavy atom. The van der Waals surface area contributed by atoms with E-state index < -0.39 is 5.91 Å². The minimum absolute atomic E-state index is 0.0803. The fourth-order valence-corrected chi connectivity index (χ4v) is 4.26. The molecule has 3 aromatic rings. The van der Waals surface area contributed by atoms with Gasteiger partial charge in [-0.2, -0.15) is 0 Å². The molecular formula is C17H18N6O2S2. The van der Waals surface area contributed by atoms with Crippen LogP contribution in [-0.4, -0.2) is 39.1 Å². The van der Waals surface area contributed by atoms with Crippen LogP contribution in [0.25, 0.3) is 0 Å². The Kier molecular flexibility index (Phi) is 5.35. The van der Waals surface area contributed by atoms with Crippen LogP contribution in [0.15, 0.2) is 39.1 Å². The fourth-order valence-electron chi connectivity index (χ4n) is 3.10. The van der Waals surface area contributed by atoms with E-state index in [4.69, 9.17) is 4.42 Å². The van der Waals surface area contributed by atoms with Gasteiger partial charge in [-0.3, -0.25) is 10.1 Å². The Morgan fingerprint density at radius 3 is 2.85 bits per heavy atom. The number of thioether (sulfide) groups is 1. The molecular weight excluding hydrogens is 384 g/mol. The number of hydrogen-bond acceptors (Lipinski definition) is 9. The van der Waals surface area contributed by atoms with Crippen LogP contribution in [0.3, 0.4) is 0 Å². The van der Waals surface area contributed by atoms with Gasteiger partial charge < -0.3 is 9.32 Å². The lowest BCUT2D eigenvalue weighted by Crippen LogP contribution is -2.33. The lowest BCUT2D eigenvalue weighted by atomic mass is 9.96. The molecule has 4 rings (SSSR count). The number of hydrogen-bond donors (Lipinski definition) is 1. The van der Waals surface area contributed by atoms with E-state index in [-0.39, 0.29) is 11.9 Å². The maximum atomic E-state index is 12.4. The van der Waals surface area contributed by atoms with Crippen LogP contribution in [0, 0.1) is 0 Å². The average molecular weight is 403 g/mol. The van der Waals surface area contributed by atoms with E-state index in [1.165, 1.54) is 28.7 Å². The average Bonchev–Trinajstić information content (AvgIpc) is 3.38. The molecule has 1 aromatic carbocycles. The molecule has 0 aliphatic carbocycles. The number of piperidine rings is 1. The van der Waals surface area contributed by atoms with Crippen molar-refractivity contribution in [3.05, 3.63) is 41.8 Å². The fraction of sp³-hybridized carbons (Fsp3) is 0.353. The first kappa shape index (κ1) is 17.9. The van der Waals surface area contributed by atoms with Gasteiger partial charge in [-0.1, -0.05) is 58.5 Å². The Hall–Kier alpha value is -2.46. The first-order valence-corrected chi connectivity index (χ1v) is 10.6. The molecule has 1 saturated heterocycles. The van der Waals surface area contributed by atoms with Crippen LogP contribution in [-0.2, 0) is 0 Å². The lowest BCUT2D eigenvalue weighted by molar-refractivity contribution is 0.0990. The number of nitrogens with zero attached hydrogens (tertiary/aromatic N) is 5. The zero-order chi connectivity index (χ0) is 18.6. The molecule has 27 heavy (non-hydrogen) atoms. The number of nitrogens with one attached hydrogen (secondary N) is 1. The van der Waals surface area contributed by atoms with Crippen molar-refractivity contribution in [1.29, 1.82) is 0 Å². The van der Waals surface area contributed by atoms with E-state index in [0.29, 0.717) is 11.1 Å². The van der Waals surface area contributed by atoms with Gasteiger partial charge in [0, 0.05) is 6.54 Å². The van der Waals surface area contributed by atoms with Gasteiger partial charge in [0.15, 0.2) is 4.34 Å². The number of benzene rings is 1. The highest BCUT2D eigenvalue weighted by atomic mass is 32.2. The largest absolute Gasteiger partial charge is 0.399 e. The van der Waals surface area contributed by atoms with Gasteiger partial charge in [0.25, 0.3) is 0 Å². The smallest absolute Gasteiger partial charge is 0.319 e. The monoisotopic (exact) mass is 402 g/mol. The van der Waals surface area contributed by atoms with Crippen molar-refractivity contribution in [3.8, 4) is 0 Å². The number of carbonyl (C=O) groups is 1. The summed E-state index contributed by atoms with van der Waals surface area (Å²) in [7, 11) is 0. The standard InChI is InChI=1S/C17H18N6O2S2/c1-26-17-22-20-15(27-17)18-13(24)14-19-21-16(25-14)23-10-6-5-9-12(23)11-7-3-2-4-8-11/h2-4,7-8,12H,5-6,9-10H2,1H3,(H,18,20,24)/t12-/m1/s1. The summed E-state index contributed by atoms with van der Waals surface area (Å²) in [6.07, 6.45) is 5.11. The second kappa shape index (κ2) is 8.05. The molecule has 140 valence electrons. The minimum Gasteiger partial charge on any atom is -0.399 e. The molecule has 0 saturated carbocycles. The third kappa shape index (κ3) is 3.96. The maximum absolute atomic E-state index is 12.4. The van der Waals surface area contributed by atoms with Crippen LogP contribution in [0.4, 0.5) is 11.1 Å². The first-order chi connectivity index (χ1) is 13.2. The van der Waals surface area contributed by atoms with E-state index in [2.05, 4.69) is 42.7 Å². The van der Waals surface area contributed by atoms with Crippen molar-refractivity contribution < 1.29 is 9.21 Å². The molecule has 8 nitrogen and oxygen atoms in total. The van der Waals surface area contributed by atoms with E-state index in [1.807, 2.05) is 24.5 Å². The predicted octanol–water partition coefficient (Wildman–Crippen LogP) is 3.63. The summed E-state index contributed by atoms with van der Waals surface area (Å²) in [5.41, 5.74) is 1.21. The SMILES string of the molecule is CSc1nnc(NC(=O)c2nnc(N3CCCC[C@@H]3c3ccccc3)o2)s1. The van der Waals surface area contributed by atoms with E-state index in [9.17, 15) is 4.79 Å². The van der Waals surface area contributed by atoms with Crippen molar-refractivity contribution >= 4 is 40.2 Å². The second-order valence-electron chi connectivity index (χ2n) is 6.04. The summed E-state index contributed by atoms with van der Waals surface area (Å²) in [5.74, 6) is -0.561. The third-order valence-electron chi connectivity index (χ3n) is 4.34. The molecule has 0 bridgehead atoms. The molecule has 1 fully saturated rings. The molecule has 0 spiro atoms. The summed E-state index contributed by atoms with van der Waals surface area (Å²) >= 11 is 2.77. The van der Waals surface area contributed by atoms with Crippen molar-refractivity contribution in [3.63, 3.8) is 0 Å². The normalized spacial score (nSPS) is 17.1. The van der Waals surface area contributed by atoms with E-state index >= 15 is 0 Å². The van der Waals surface area contributed by atoms with Gasteiger partial charge >= 0.3 is 17.8 Å². The Balaban J connectivity index is 1.51. The second-order valence-corrected chi connectivity index (χ2v) is 8.07. The molecule has 2 aromatic heterocycles. The summed E-state index contributed by atoms with van der Waals surface area (Å²) in [4.78, 5) is 14.4. The van der Waals surface area contributed by atoms with Crippen LogP contribution in [0.1, 0.15) is 41.6 Å². The van der Waals surface area contributed by atoms with Crippen LogP contribution >= 0.6 is 23.1 Å². The van der Waals surface area contributed by atoms with Gasteiger partial charge in [-0.05, 0) is 31.1 Å². The Labute approximate surface area is 164 Å². The third-order valence-corrected chi connectivity index (χ3v) is 6.16. The zero-order valence-corrected chi connectivity index (χ0v) is 16.3. The summed E-state index contributed by atoms with van der Waals surface area (Å²) < 4.78 is 6.46. The van der Waals surface area contributed by atoms with Gasteiger partial charge in [0.2, 0.25) is 5.13 Å². The summed E-state index contributed by atoms with van der Waals surface area (Å²) in [5, 5.41) is 19.0. The van der Waals surface area contributed by atoms with Gasteiger partial charge in [-0.15, -0.1) is 15.3 Å². The highest BCUT2D eigenvalue weighted by Gasteiger charge is 2.29. The molecule has 3 heterocycles. The molecule has 1 atom stereocenters. The molecule has 1 N–H and O–H groups in total. The summed E-state index contributed by atoms with van der Waals surface area (Å²) in [6.45, 7) is 0.816. The number of rotatable bonds is 5. The Bertz CT molecular complexity index is 913. The minimum atomic E-state index is -0.481. The zero-order valence-electron chi connectivity index (χ0n) is 14.7. The molecule has 0 unspecified atom stereocenters. The number of anilines is 2. The maximum Gasteiger partial charge on any atom is 0.319 e. The van der Waals surface area contributed by atoms with Crippen molar-refractivity contribution in [2.75, 3.05) is 23.0 Å². The Morgan fingerprint density at radius 1 is 1.22 bits per heavy atom.